The van der Waals surface area contributed by atoms with E-state index in [4.69, 9.17) is 4.74 Å². The van der Waals surface area contributed by atoms with Gasteiger partial charge in [-0.1, -0.05) is 11.8 Å². The quantitative estimate of drug-likeness (QED) is 0.464. The van der Waals surface area contributed by atoms with Gasteiger partial charge in [-0.05, 0) is 31.2 Å². The molecule has 0 aliphatic heterocycles. The van der Waals surface area contributed by atoms with E-state index in [1.165, 1.54) is 37.4 Å². The first-order valence-electron chi connectivity index (χ1n) is 8.14. The topological polar surface area (TPSA) is 123 Å². The summed E-state index contributed by atoms with van der Waals surface area (Å²) >= 11 is 1.12. The van der Waals surface area contributed by atoms with E-state index in [1.807, 2.05) is 0 Å². The molecular weight excluding hydrogens is 389 g/mol. The molecule has 0 spiro atoms. The van der Waals surface area contributed by atoms with Crippen molar-refractivity contribution in [2.24, 2.45) is 0 Å². The molecule has 1 atom stereocenters. The smallest absolute Gasteiger partial charge is 0.325 e. The van der Waals surface area contributed by atoms with E-state index in [-0.39, 0.29) is 6.42 Å². The van der Waals surface area contributed by atoms with Crippen LogP contribution in [0.4, 0.5) is 4.39 Å². The second-order valence-corrected chi connectivity index (χ2v) is 7.09. The Balaban J connectivity index is 2.04. The minimum absolute atomic E-state index is 0.0939. The highest BCUT2D eigenvalue weighted by Gasteiger charge is 2.22. The molecule has 0 aliphatic carbocycles. The maximum atomic E-state index is 13.3. The number of thioether (sulfide) groups is 1. The molecule has 1 aromatic carbocycles. The van der Waals surface area contributed by atoms with E-state index < -0.39 is 28.3 Å². The Morgan fingerprint density at radius 3 is 2.61 bits per heavy atom. The van der Waals surface area contributed by atoms with Gasteiger partial charge in [-0.25, -0.2) is 9.18 Å². The predicted octanol–water partition coefficient (Wildman–Crippen LogP) is 1.03. The molecule has 9 nitrogen and oxygen atoms in total. The Bertz CT molecular complexity index is 1080. The van der Waals surface area contributed by atoms with Gasteiger partial charge in [0.2, 0.25) is 0 Å². The maximum absolute atomic E-state index is 13.3. The number of hydrogen-bond acceptors (Lipinski definition) is 7. The first kappa shape index (κ1) is 19.5. The Labute approximate surface area is 162 Å². The summed E-state index contributed by atoms with van der Waals surface area (Å²) in [6.45, 7) is 1.66. The van der Waals surface area contributed by atoms with E-state index in [2.05, 4.69) is 20.2 Å². The number of halogens is 1. The van der Waals surface area contributed by atoms with Crippen molar-refractivity contribution < 1.29 is 13.9 Å². The van der Waals surface area contributed by atoms with Gasteiger partial charge in [0, 0.05) is 23.9 Å². The van der Waals surface area contributed by atoms with Gasteiger partial charge in [-0.15, -0.1) is 10.2 Å². The van der Waals surface area contributed by atoms with Crippen LogP contribution < -0.4 is 11.2 Å². The number of aromatic nitrogens is 5. The van der Waals surface area contributed by atoms with Crippen LogP contribution in [-0.2, 0) is 16.0 Å². The first-order valence-corrected chi connectivity index (χ1v) is 9.02. The minimum atomic E-state index is -0.635. The molecule has 0 bridgehead atoms. The molecule has 11 heteroatoms. The number of nitrogens with one attached hydrogen (secondary N) is 2. The van der Waals surface area contributed by atoms with Crippen LogP contribution in [0, 0.1) is 5.82 Å². The molecule has 2 heterocycles. The third-order valence-electron chi connectivity index (χ3n) is 3.77. The number of ether oxygens (including phenoxy) is 1. The fourth-order valence-electron chi connectivity index (χ4n) is 2.50. The van der Waals surface area contributed by atoms with Gasteiger partial charge in [-0.3, -0.25) is 19.1 Å². The van der Waals surface area contributed by atoms with Gasteiger partial charge in [-0.2, -0.15) is 0 Å². The van der Waals surface area contributed by atoms with Crippen LogP contribution in [0.3, 0.4) is 0 Å². The second kappa shape index (κ2) is 8.21. The molecule has 0 aliphatic rings. The third-order valence-corrected chi connectivity index (χ3v) is 4.79. The molecule has 0 saturated carbocycles. The molecule has 2 aromatic heterocycles. The number of benzene rings is 1. The highest BCUT2D eigenvalue weighted by molar-refractivity contribution is 8.00. The lowest BCUT2D eigenvalue weighted by atomic mass is 10.2. The van der Waals surface area contributed by atoms with Crippen LogP contribution in [-0.4, -0.2) is 43.1 Å². The van der Waals surface area contributed by atoms with Gasteiger partial charge in [0.05, 0.1) is 7.11 Å². The Morgan fingerprint density at radius 1 is 1.25 bits per heavy atom. The molecule has 0 fully saturated rings. The number of nitrogens with zero attached hydrogens (tertiary/aromatic N) is 3. The molecular formula is C17H16FN5O4S. The van der Waals surface area contributed by atoms with Gasteiger partial charge < -0.3 is 9.72 Å². The summed E-state index contributed by atoms with van der Waals surface area (Å²) in [5.74, 6) is -0.444. The Morgan fingerprint density at radius 2 is 1.96 bits per heavy atom. The molecule has 28 heavy (non-hydrogen) atoms. The molecule has 0 saturated heterocycles. The summed E-state index contributed by atoms with van der Waals surface area (Å²) in [7, 11) is 1.29. The summed E-state index contributed by atoms with van der Waals surface area (Å²) in [4.78, 5) is 39.4. The summed E-state index contributed by atoms with van der Waals surface area (Å²) in [5, 5.41) is 8.06. The van der Waals surface area contributed by atoms with Gasteiger partial charge in [0.1, 0.15) is 16.9 Å². The zero-order valence-electron chi connectivity index (χ0n) is 14.9. The molecule has 3 aromatic rings. The minimum Gasteiger partial charge on any atom is -0.468 e. The van der Waals surface area contributed by atoms with Crippen molar-refractivity contribution in [2.45, 2.75) is 23.8 Å². The SMILES string of the molecule is COC(=O)[C@H](C)Sc1nnc(Cc2cc(=O)[nH]c(=O)[nH]2)n1-c1ccc(F)cc1. The Kier molecular flexibility index (Phi) is 5.73. The average Bonchev–Trinajstić information content (AvgIpc) is 3.02. The van der Waals surface area contributed by atoms with Crippen molar-refractivity contribution in [2.75, 3.05) is 7.11 Å². The number of H-pyrrole nitrogens is 2. The van der Waals surface area contributed by atoms with Crippen molar-refractivity contribution in [3.8, 4) is 5.69 Å². The second-order valence-electron chi connectivity index (χ2n) is 5.78. The highest BCUT2D eigenvalue weighted by Crippen LogP contribution is 2.27. The first-order chi connectivity index (χ1) is 13.4. The van der Waals surface area contributed by atoms with Crippen LogP contribution in [0.1, 0.15) is 18.4 Å². The van der Waals surface area contributed by atoms with Crippen molar-refractivity contribution in [3.63, 3.8) is 0 Å². The van der Waals surface area contributed by atoms with Crippen LogP contribution in [0.25, 0.3) is 5.69 Å². The fraction of sp³-hybridized carbons (Fsp3) is 0.235. The van der Waals surface area contributed by atoms with E-state index in [9.17, 15) is 18.8 Å². The molecule has 0 amide bonds. The lowest BCUT2D eigenvalue weighted by Crippen LogP contribution is -2.23. The lowest BCUT2D eigenvalue weighted by Gasteiger charge is -2.12. The normalized spacial score (nSPS) is 12.0. The zero-order valence-corrected chi connectivity index (χ0v) is 15.7. The zero-order chi connectivity index (χ0) is 20.3. The van der Waals surface area contributed by atoms with Gasteiger partial charge >= 0.3 is 11.7 Å². The summed E-state index contributed by atoms with van der Waals surface area (Å²) in [6.07, 6.45) is 0.0939. The van der Waals surface area contributed by atoms with E-state index in [0.717, 1.165) is 11.8 Å². The number of esters is 1. The highest BCUT2D eigenvalue weighted by atomic mass is 32.2. The summed E-state index contributed by atoms with van der Waals surface area (Å²) < 4.78 is 19.7. The molecule has 146 valence electrons. The Hall–Kier alpha value is -3.21. The van der Waals surface area contributed by atoms with Crippen LogP contribution in [0.2, 0.25) is 0 Å². The van der Waals surface area contributed by atoms with Crippen molar-refractivity contribution in [1.29, 1.82) is 0 Å². The number of carbonyl (C=O) groups is 1. The summed E-state index contributed by atoms with van der Waals surface area (Å²) in [6, 6.07) is 6.89. The standard InChI is InChI=1S/C17H16FN5O4S/c1-9(15(25)27-2)28-17-22-21-13(7-11-8-14(24)20-16(26)19-11)23(17)12-5-3-10(18)4-6-12/h3-6,8-9H,7H2,1-2H3,(H2,19,20,24,26)/t9-/m0/s1. The number of hydrogen-bond donors (Lipinski definition) is 2. The van der Waals surface area contributed by atoms with Gasteiger partial charge in [0.15, 0.2) is 5.16 Å². The third kappa shape index (κ3) is 4.36. The number of carbonyl (C=O) groups excluding carboxylic acids is 1. The molecule has 0 unspecified atom stereocenters. The largest absolute Gasteiger partial charge is 0.468 e. The molecule has 2 N–H and O–H groups in total. The van der Waals surface area contributed by atoms with Gasteiger partial charge in [0.25, 0.3) is 5.56 Å². The average molecular weight is 405 g/mol. The van der Waals surface area contributed by atoms with Crippen LogP contribution in [0.15, 0.2) is 45.1 Å². The molecule has 0 radical (unpaired) electrons. The number of methoxy groups -OCH3 is 1. The van der Waals surface area contributed by atoms with Crippen molar-refractivity contribution in [3.05, 3.63) is 68.5 Å². The maximum Gasteiger partial charge on any atom is 0.325 e. The van der Waals surface area contributed by atoms with Crippen molar-refractivity contribution >= 4 is 17.7 Å². The molecule has 3 rings (SSSR count). The summed E-state index contributed by atoms with van der Waals surface area (Å²) in [5.41, 5.74) is -0.278. The number of rotatable bonds is 6. The van der Waals surface area contributed by atoms with Crippen LogP contribution >= 0.6 is 11.8 Å². The predicted molar refractivity (Wildman–Crippen MR) is 99.1 cm³/mol. The lowest BCUT2D eigenvalue weighted by molar-refractivity contribution is -0.139. The van der Waals surface area contributed by atoms with E-state index in [1.54, 1.807) is 11.5 Å². The fourth-order valence-corrected chi connectivity index (χ4v) is 3.41. The van der Waals surface area contributed by atoms with E-state index in [0.29, 0.717) is 22.4 Å². The van der Waals surface area contributed by atoms with E-state index >= 15 is 0 Å². The number of aromatic amines is 2. The van der Waals surface area contributed by atoms with Crippen LogP contribution in [0.5, 0.6) is 0 Å². The van der Waals surface area contributed by atoms with Crippen molar-refractivity contribution in [1.82, 2.24) is 24.7 Å². The monoisotopic (exact) mass is 405 g/mol.